The minimum atomic E-state index is -0.0747. The van der Waals surface area contributed by atoms with E-state index in [0.717, 1.165) is 40.2 Å². The van der Waals surface area contributed by atoms with E-state index in [4.69, 9.17) is 0 Å². The Balaban J connectivity index is 0.00000210. The van der Waals surface area contributed by atoms with Gasteiger partial charge >= 0.3 is 0 Å². The molecule has 0 saturated heterocycles. The van der Waals surface area contributed by atoms with E-state index in [9.17, 15) is 4.79 Å². The van der Waals surface area contributed by atoms with E-state index in [2.05, 4.69) is 59.9 Å². The van der Waals surface area contributed by atoms with Gasteiger partial charge in [-0.1, -0.05) is 78.5 Å². The summed E-state index contributed by atoms with van der Waals surface area (Å²) >= 11 is 0. The van der Waals surface area contributed by atoms with Crippen LogP contribution in [-0.4, -0.2) is 20.9 Å². The lowest BCUT2D eigenvalue weighted by atomic mass is 9.91. The lowest BCUT2D eigenvalue weighted by Gasteiger charge is -2.18. The normalized spacial score (nSPS) is 11.2. The predicted molar refractivity (Wildman–Crippen MR) is 146 cm³/mol. The molecule has 0 radical (unpaired) electrons. The highest BCUT2D eigenvalue weighted by Crippen LogP contribution is 2.23. The van der Waals surface area contributed by atoms with Crippen LogP contribution in [0.25, 0.3) is 11.1 Å². The molecule has 2 heterocycles. The topological polar surface area (TPSA) is 79.8 Å². The van der Waals surface area contributed by atoms with Gasteiger partial charge in [-0.05, 0) is 35.8 Å². The molecule has 35 heavy (non-hydrogen) atoms. The van der Waals surface area contributed by atoms with E-state index in [1.54, 1.807) is 24.7 Å². The number of allylic oxidation sites excluding steroid dienone is 2. The third-order valence-corrected chi connectivity index (χ3v) is 5.02. The molecule has 0 atom stereocenters. The van der Waals surface area contributed by atoms with E-state index in [1.165, 1.54) is 0 Å². The van der Waals surface area contributed by atoms with E-state index in [0.29, 0.717) is 12.4 Å². The van der Waals surface area contributed by atoms with Crippen LogP contribution in [-0.2, 0) is 16.6 Å². The van der Waals surface area contributed by atoms with E-state index in [1.807, 2.05) is 56.3 Å². The molecule has 6 nitrogen and oxygen atoms in total. The van der Waals surface area contributed by atoms with Crippen molar-refractivity contribution in [3.8, 4) is 11.1 Å². The molecule has 1 aromatic carbocycles. The van der Waals surface area contributed by atoms with E-state index in [-0.39, 0.29) is 11.3 Å². The van der Waals surface area contributed by atoms with Crippen molar-refractivity contribution in [1.82, 2.24) is 15.0 Å². The summed E-state index contributed by atoms with van der Waals surface area (Å²) in [5, 5.41) is 6.11. The highest BCUT2D eigenvalue weighted by Gasteiger charge is 2.16. The standard InChI is InChI=1S/C27H31N5O.C2H6/c1-6-8-22(7-2)32-26-29-17-21(18-30-26)20-11-9-19(10-12-20)15-25(33)31-23-13-14-28-24(16-23)27(3,4)5;1-2/h7-14,16-18H,2,6,15H2,1,3-5H3,(H,28,31,33)(H,29,30,32);1-2H3/b22-8+;. The van der Waals surface area contributed by atoms with Crippen molar-refractivity contribution in [2.45, 2.75) is 59.8 Å². The van der Waals surface area contributed by atoms with Crippen LogP contribution in [0.2, 0.25) is 0 Å². The molecule has 0 fully saturated rings. The van der Waals surface area contributed by atoms with Gasteiger partial charge in [-0.15, -0.1) is 0 Å². The average molecular weight is 472 g/mol. The molecule has 0 aliphatic heterocycles. The molecule has 3 aromatic rings. The first-order valence-electron chi connectivity index (χ1n) is 12.1. The maximum absolute atomic E-state index is 12.5. The van der Waals surface area contributed by atoms with E-state index < -0.39 is 0 Å². The number of aromatic nitrogens is 3. The fraction of sp³-hybridized carbons (Fsp3) is 0.310. The molecule has 0 bridgehead atoms. The monoisotopic (exact) mass is 471 g/mol. The molecular formula is C29H37N5O. The van der Waals surface area contributed by atoms with Crippen molar-refractivity contribution < 1.29 is 4.79 Å². The van der Waals surface area contributed by atoms with E-state index >= 15 is 0 Å². The number of hydrogen-bond acceptors (Lipinski definition) is 5. The van der Waals surface area contributed by atoms with Crippen LogP contribution in [0.1, 0.15) is 59.2 Å². The van der Waals surface area contributed by atoms with Crippen LogP contribution in [0.5, 0.6) is 0 Å². The second-order valence-electron chi connectivity index (χ2n) is 8.79. The Morgan fingerprint density at radius 1 is 0.971 bits per heavy atom. The number of rotatable bonds is 8. The third kappa shape index (κ3) is 8.49. The quantitative estimate of drug-likeness (QED) is 0.348. The van der Waals surface area contributed by atoms with Crippen molar-refractivity contribution >= 4 is 17.5 Å². The summed E-state index contributed by atoms with van der Waals surface area (Å²) in [4.78, 5) is 25.7. The van der Waals surface area contributed by atoms with Crippen molar-refractivity contribution in [3.63, 3.8) is 0 Å². The number of nitrogens with one attached hydrogen (secondary N) is 2. The molecule has 1 amide bonds. The highest BCUT2D eigenvalue weighted by atomic mass is 16.1. The maximum Gasteiger partial charge on any atom is 0.228 e. The Morgan fingerprint density at radius 3 is 2.20 bits per heavy atom. The number of hydrogen-bond donors (Lipinski definition) is 2. The molecule has 0 saturated carbocycles. The van der Waals surface area contributed by atoms with Crippen LogP contribution in [0.4, 0.5) is 11.6 Å². The Labute approximate surface area is 209 Å². The summed E-state index contributed by atoms with van der Waals surface area (Å²) in [7, 11) is 0. The number of pyridine rings is 1. The van der Waals surface area contributed by atoms with Crippen molar-refractivity contribution in [3.05, 3.63) is 90.7 Å². The Kier molecular flexibility index (Phi) is 10.3. The van der Waals surface area contributed by atoms with Gasteiger partial charge < -0.3 is 10.6 Å². The number of amides is 1. The van der Waals surface area contributed by atoms with Crippen LogP contribution in [0.15, 0.2) is 79.4 Å². The summed E-state index contributed by atoms with van der Waals surface area (Å²) < 4.78 is 0. The zero-order chi connectivity index (χ0) is 25.8. The van der Waals surface area contributed by atoms with Crippen molar-refractivity contribution in [1.29, 1.82) is 0 Å². The molecule has 0 unspecified atom stereocenters. The zero-order valence-electron chi connectivity index (χ0n) is 21.7. The zero-order valence-corrected chi connectivity index (χ0v) is 21.7. The summed E-state index contributed by atoms with van der Waals surface area (Å²) in [5.41, 5.74) is 5.33. The molecule has 2 N–H and O–H groups in total. The average Bonchev–Trinajstić information content (AvgIpc) is 2.85. The van der Waals surface area contributed by atoms with Gasteiger partial charge in [0.15, 0.2) is 0 Å². The minimum Gasteiger partial charge on any atom is -0.326 e. The largest absolute Gasteiger partial charge is 0.326 e. The van der Waals surface area contributed by atoms with Crippen LogP contribution >= 0.6 is 0 Å². The Bertz CT molecular complexity index is 1130. The van der Waals surface area contributed by atoms with Crippen LogP contribution < -0.4 is 10.6 Å². The number of benzene rings is 1. The fourth-order valence-electron chi connectivity index (χ4n) is 3.20. The van der Waals surface area contributed by atoms with Gasteiger partial charge in [-0.25, -0.2) is 9.97 Å². The lowest BCUT2D eigenvalue weighted by molar-refractivity contribution is -0.115. The maximum atomic E-state index is 12.5. The molecule has 2 aromatic heterocycles. The lowest BCUT2D eigenvalue weighted by Crippen LogP contribution is -2.17. The van der Waals surface area contributed by atoms with Gasteiger partial charge in [0.25, 0.3) is 0 Å². The van der Waals surface area contributed by atoms with Crippen LogP contribution in [0, 0.1) is 0 Å². The first kappa shape index (κ1) is 27.4. The third-order valence-electron chi connectivity index (χ3n) is 5.02. The molecular weight excluding hydrogens is 434 g/mol. The molecule has 0 spiro atoms. The number of carbonyl (C=O) groups excluding carboxylic acids is 1. The van der Waals surface area contributed by atoms with Crippen LogP contribution in [0.3, 0.4) is 0 Å². The summed E-state index contributed by atoms with van der Waals surface area (Å²) in [6.45, 7) is 16.1. The van der Waals surface area contributed by atoms with Gasteiger partial charge in [0.2, 0.25) is 11.9 Å². The molecule has 0 aliphatic rings. The molecule has 184 valence electrons. The molecule has 0 aliphatic carbocycles. The van der Waals surface area contributed by atoms with Gasteiger partial charge in [-0.2, -0.15) is 0 Å². The number of carbonyl (C=O) groups is 1. The second kappa shape index (κ2) is 13.2. The first-order chi connectivity index (χ1) is 16.8. The predicted octanol–water partition coefficient (Wildman–Crippen LogP) is 6.94. The summed E-state index contributed by atoms with van der Waals surface area (Å²) in [5.74, 6) is 0.461. The number of nitrogens with zero attached hydrogens (tertiary/aromatic N) is 3. The van der Waals surface area contributed by atoms with Crippen molar-refractivity contribution in [2.24, 2.45) is 0 Å². The Morgan fingerprint density at radius 2 is 1.63 bits per heavy atom. The summed E-state index contributed by atoms with van der Waals surface area (Å²) in [6, 6.07) is 11.6. The second-order valence-corrected chi connectivity index (χ2v) is 8.79. The van der Waals surface area contributed by atoms with Gasteiger partial charge in [0.05, 0.1) is 6.42 Å². The SMILES string of the molecule is C=C/C(=C\CC)Nc1ncc(-c2ccc(CC(=O)Nc3ccnc(C(C)(C)C)c3)cc2)cn1.CC. The summed E-state index contributed by atoms with van der Waals surface area (Å²) in [6.07, 6.45) is 10.2. The smallest absolute Gasteiger partial charge is 0.228 e. The molecule has 6 heteroatoms. The fourth-order valence-corrected chi connectivity index (χ4v) is 3.20. The van der Waals surface area contributed by atoms with Gasteiger partial charge in [-0.3, -0.25) is 9.78 Å². The van der Waals surface area contributed by atoms with Gasteiger partial charge in [0, 0.05) is 46.6 Å². The molecule has 3 rings (SSSR count). The van der Waals surface area contributed by atoms with Crippen molar-refractivity contribution in [2.75, 3.05) is 10.6 Å². The minimum absolute atomic E-state index is 0.0641. The van der Waals surface area contributed by atoms with Gasteiger partial charge in [0.1, 0.15) is 0 Å². The Hall–Kier alpha value is -3.80. The highest BCUT2D eigenvalue weighted by molar-refractivity contribution is 5.92. The number of anilines is 2. The first-order valence-corrected chi connectivity index (χ1v) is 12.1.